The zero-order valence-corrected chi connectivity index (χ0v) is 35.6. The van der Waals surface area contributed by atoms with Crippen molar-refractivity contribution in [2.24, 2.45) is 16.1 Å². The molecule has 4 N–H and O–H groups in total. The Labute approximate surface area is 351 Å². The molecule has 16 nitrogen and oxygen atoms in total. The number of hydrogen-bond donors (Lipinski definition) is 3. The van der Waals surface area contributed by atoms with Gasteiger partial charge >= 0.3 is 12.1 Å². The van der Waals surface area contributed by atoms with E-state index in [1.54, 1.807) is 0 Å². The Morgan fingerprint density at radius 1 is 1.21 bits per heavy atom. The number of benzene rings is 2. The molecule has 3 aliphatic rings. The summed E-state index contributed by atoms with van der Waals surface area (Å²) in [5, 5.41) is 11.8. The van der Waals surface area contributed by atoms with E-state index in [4.69, 9.17) is 31.4 Å². The lowest BCUT2D eigenvalue weighted by Gasteiger charge is -2.28. The zero-order valence-electron chi connectivity index (χ0n) is 33.1. The highest BCUT2D eigenvalue weighted by Crippen LogP contribution is 2.43. The van der Waals surface area contributed by atoms with Crippen LogP contribution in [0.2, 0.25) is 0 Å². The number of sulfone groups is 1. The third-order valence-electron chi connectivity index (χ3n) is 9.35. The molecule has 7 rings (SSSR count). The summed E-state index contributed by atoms with van der Waals surface area (Å²) >= 11 is 1.24. The van der Waals surface area contributed by atoms with E-state index in [9.17, 15) is 44.9 Å². The van der Waals surface area contributed by atoms with E-state index in [2.05, 4.69) is 34.3 Å². The number of terminal acetylenes is 1. The quantitative estimate of drug-likeness (QED) is 0.0809. The molecule has 1 aliphatic carbocycles. The molecule has 4 aromatic rings. The number of ether oxygens (including phenoxy) is 1. The minimum atomic E-state index is -4.71. The maximum atomic E-state index is 14.5. The van der Waals surface area contributed by atoms with Gasteiger partial charge < -0.3 is 29.6 Å². The monoisotopic (exact) mass is 912 g/mol. The number of carboxylic acids is 1. The SMILES string of the molecule is C#CCN1C(=O)COc2cc(F)c(N=c3snc4n3CC(C)(C)C4)cc21.CP(=O)(O)CCC(N)C(=O)O.CS(=O)(=O)c1cc(C(F)(F)F)ccc1C(=O)c1cnoc1C1CC1. The van der Waals surface area contributed by atoms with Crippen molar-refractivity contribution < 1.29 is 64.2 Å². The van der Waals surface area contributed by atoms with Gasteiger partial charge in [0.2, 0.25) is 4.80 Å². The van der Waals surface area contributed by atoms with Crippen LogP contribution in [0.15, 0.2) is 50.9 Å². The molecule has 2 aliphatic heterocycles. The highest BCUT2D eigenvalue weighted by molar-refractivity contribution is 7.90. The molecule has 2 atom stereocenters. The second-order valence-electron chi connectivity index (χ2n) is 15.4. The minimum absolute atomic E-state index is 0.0412. The first-order chi connectivity index (χ1) is 28.3. The molecule has 4 heterocycles. The number of nitrogens with zero attached hydrogens (tertiary/aromatic N) is 5. The zero-order chi connectivity index (χ0) is 45.2. The second kappa shape index (κ2) is 18.0. The van der Waals surface area contributed by atoms with Crippen LogP contribution in [0, 0.1) is 23.6 Å². The van der Waals surface area contributed by atoms with Gasteiger partial charge in [-0.1, -0.05) is 24.9 Å². The average Bonchev–Trinajstić information content (AvgIpc) is 3.65. The van der Waals surface area contributed by atoms with Crippen molar-refractivity contribution >= 4 is 57.8 Å². The number of anilines is 1. The number of rotatable bonds is 10. The number of carboxylic acid groups (broad SMARTS) is 1. The van der Waals surface area contributed by atoms with Crippen LogP contribution in [0.5, 0.6) is 5.75 Å². The van der Waals surface area contributed by atoms with Gasteiger partial charge in [-0.05, 0) is 48.9 Å². The van der Waals surface area contributed by atoms with Crippen molar-refractivity contribution in [2.45, 2.75) is 69.1 Å². The lowest BCUT2D eigenvalue weighted by atomic mass is 9.92. The van der Waals surface area contributed by atoms with Crippen molar-refractivity contribution in [3.05, 3.63) is 75.4 Å². The number of carbonyl (C=O) groups excluding carboxylic acids is 2. The number of fused-ring (bicyclic) bond motifs is 2. The van der Waals surface area contributed by atoms with Gasteiger partial charge in [0.1, 0.15) is 23.3 Å². The maximum Gasteiger partial charge on any atom is 0.416 e. The van der Waals surface area contributed by atoms with Crippen LogP contribution in [0.1, 0.15) is 72.1 Å². The third kappa shape index (κ3) is 11.8. The molecule has 1 amide bonds. The van der Waals surface area contributed by atoms with Gasteiger partial charge in [0.25, 0.3) is 5.91 Å². The van der Waals surface area contributed by atoms with Crippen LogP contribution in [-0.2, 0) is 43.1 Å². The van der Waals surface area contributed by atoms with E-state index >= 15 is 0 Å². The van der Waals surface area contributed by atoms with E-state index in [1.165, 1.54) is 41.4 Å². The van der Waals surface area contributed by atoms with Crippen molar-refractivity contribution in [1.82, 2.24) is 14.1 Å². The molecule has 2 aromatic carbocycles. The first-order valence-corrected chi connectivity index (χ1v) is 23.2. The summed E-state index contributed by atoms with van der Waals surface area (Å²) in [7, 11) is -7.14. The fourth-order valence-corrected chi connectivity index (χ4v) is 8.56. The largest absolute Gasteiger partial charge is 0.481 e. The number of aliphatic carboxylic acids is 1. The summed E-state index contributed by atoms with van der Waals surface area (Å²) < 4.78 is 104. The van der Waals surface area contributed by atoms with Crippen molar-refractivity contribution in [1.29, 1.82) is 0 Å². The van der Waals surface area contributed by atoms with Crippen LogP contribution in [0.4, 0.5) is 28.9 Å². The van der Waals surface area contributed by atoms with Gasteiger partial charge in [-0.3, -0.25) is 23.8 Å². The highest BCUT2D eigenvalue weighted by atomic mass is 32.2. The Morgan fingerprint density at radius 3 is 2.49 bits per heavy atom. The fourth-order valence-electron chi connectivity index (χ4n) is 6.15. The summed E-state index contributed by atoms with van der Waals surface area (Å²) in [5.74, 6) is 1.46. The molecular weight excluding hydrogens is 872 g/mol. The molecule has 1 saturated carbocycles. The highest BCUT2D eigenvalue weighted by Gasteiger charge is 2.37. The molecule has 2 unspecified atom stereocenters. The number of nitrogens with two attached hydrogens (primary N) is 1. The summed E-state index contributed by atoms with van der Waals surface area (Å²) in [6, 6.07) is 3.77. The molecule has 328 valence electrons. The Bertz CT molecular complexity index is 2620. The first-order valence-electron chi connectivity index (χ1n) is 18.3. The second-order valence-corrected chi connectivity index (χ2v) is 20.6. The molecule has 0 saturated heterocycles. The maximum absolute atomic E-state index is 14.5. The number of alkyl halides is 3. The lowest BCUT2D eigenvalue weighted by Crippen LogP contribution is -2.39. The van der Waals surface area contributed by atoms with E-state index in [0.29, 0.717) is 34.1 Å². The van der Waals surface area contributed by atoms with Crippen molar-refractivity contribution in [2.75, 3.05) is 37.1 Å². The van der Waals surface area contributed by atoms with Gasteiger partial charge in [0, 0.05) is 61.1 Å². The molecule has 0 bridgehead atoms. The number of amides is 1. The van der Waals surface area contributed by atoms with Crippen molar-refractivity contribution in [3.63, 3.8) is 0 Å². The molecule has 23 heteroatoms. The molecule has 2 aromatic heterocycles. The molecule has 1 fully saturated rings. The van der Waals surface area contributed by atoms with Crippen LogP contribution in [0.25, 0.3) is 0 Å². The first kappa shape index (κ1) is 46.9. The Hall–Kier alpha value is -5.20. The van der Waals surface area contributed by atoms with Crippen LogP contribution in [-0.4, -0.2) is 88.5 Å². The van der Waals surface area contributed by atoms with E-state index in [-0.39, 0.29) is 59.8 Å². The van der Waals surface area contributed by atoms with E-state index in [1.807, 2.05) is 4.57 Å². The van der Waals surface area contributed by atoms with Crippen molar-refractivity contribution in [3.8, 4) is 18.1 Å². The van der Waals surface area contributed by atoms with Crippen LogP contribution >= 0.6 is 18.9 Å². The number of aromatic nitrogens is 3. The third-order valence-corrected chi connectivity index (χ3v) is 12.4. The standard InChI is InChI=1S/C18H17FN4O2S.C15H12F3NO4S.C5H12NO4P/c1-4-5-22-13-7-12(11(19)6-14(13)25-9-16(22)24)20-17-23-10-18(2,3)8-15(23)21-26-17;1-24(21,22)12-6-9(15(16,17)18)4-5-10(12)13(20)11-7-19-23-14(11)8-2-3-8;1-11(9,10)3-2-4(6)5(7)8/h1,6-7H,5,8-10H2,2-3H3;4-8H,2-3H2,1H3;4H,2-3,6H2,1H3,(H,7,8)(H,9,10). The molecular formula is C38H41F4N6O10PS2. The van der Waals surface area contributed by atoms with Crippen LogP contribution in [0.3, 0.4) is 0 Å². The number of ketones is 1. The van der Waals surface area contributed by atoms with Gasteiger partial charge in [0.05, 0.1) is 34.5 Å². The Morgan fingerprint density at radius 2 is 1.90 bits per heavy atom. The summed E-state index contributed by atoms with van der Waals surface area (Å²) in [4.78, 5) is 49.4. The predicted molar refractivity (Wildman–Crippen MR) is 213 cm³/mol. The molecule has 61 heavy (non-hydrogen) atoms. The Balaban J connectivity index is 0.000000188. The van der Waals surface area contributed by atoms with Gasteiger partial charge in [0.15, 0.2) is 41.2 Å². The van der Waals surface area contributed by atoms with Gasteiger partial charge in [-0.25, -0.2) is 17.8 Å². The number of halogens is 4. The molecule has 0 radical (unpaired) electrons. The molecule has 0 spiro atoms. The Kier molecular flexibility index (Phi) is 13.8. The van der Waals surface area contributed by atoms with Crippen LogP contribution < -0.4 is 20.2 Å². The van der Waals surface area contributed by atoms with E-state index in [0.717, 1.165) is 44.0 Å². The van der Waals surface area contributed by atoms with Gasteiger partial charge in [-0.15, -0.1) is 6.42 Å². The summed E-state index contributed by atoms with van der Waals surface area (Å²) in [6.45, 7) is 6.24. The number of hydrogen-bond acceptors (Lipinski definition) is 13. The summed E-state index contributed by atoms with van der Waals surface area (Å²) in [6.07, 6.45) is 5.07. The average molecular weight is 913 g/mol. The predicted octanol–water partition coefficient (Wildman–Crippen LogP) is 5.15. The summed E-state index contributed by atoms with van der Waals surface area (Å²) in [5.41, 5.74) is 4.40. The number of carbonyl (C=O) groups is 3. The lowest BCUT2D eigenvalue weighted by molar-refractivity contribution is -0.139. The minimum Gasteiger partial charge on any atom is -0.481 e. The fraction of sp³-hybridized carbons (Fsp3) is 0.421. The smallest absolute Gasteiger partial charge is 0.416 e. The topological polar surface area (TPSA) is 238 Å². The van der Waals surface area contributed by atoms with Gasteiger partial charge in [-0.2, -0.15) is 17.5 Å². The van der Waals surface area contributed by atoms with E-state index < -0.39 is 57.5 Å². The normalized spacial score (nSPS) is 17.3.